The number of rotatable bonds is 3. The monoisotopic (exact) mass is 334 g/mol. The minimum atomic E-state index is -0.680. The number of nitrogens with two attached hydrogens (primary N) is 1. The molecule has 4 nitrogen and oxygen atoms in total. The summed E-state index contributed by atoms with van der Waals surface area (Å²) in [4.78, 5) is 13.6. The molecule has 128 valence electrons. The van der Waals surface area contributed by atoms with E-state index < -0.39 is 5.72 Å². The van der Waals surface area contributed by atoms with Crippen LogP contribution >= 0.6 is 0 Å². The van der Waals surface area contributed by atoms with Crippen molar-refractivity contribution >= 4 is 17.7 Å². The van der Waals surface area contributed by atoms with Crippen LogP contribution in [0.15, 0.2) is 54.6 Å². The van der Waals surface area contributed by atoms with E-state index in [1.54, 1.807) is 0 Å². The van der Waals surface area contributed by atoms with Gasteiger partial charge >= 0.3 is 0 Å². The third-order valence-corrected chi connectivity index (χ3v) is 5.42. The van der Waals surface area contributed by atoms with Gasteiger partial charge in [0.15, 0.2) is 0 Å². The molecule has 1 atom stereocenters. The van der Waals surface area contributed by atoms with Crippen LogP contribution in [0.25, 0.3) is 6.08 Å². The molecule has 0 unspecified atom stereocenters. The molecule has 1 spiro atoms. The number of amides is 1. The number of hydrogen-bond donors (Lipinski definition) is 1. The molecular weight excluding hydrogens is 312 g/mol. The molecule has 2 aliphatic rings. The van der Waals surface area contributed by atoms with Crippen LogP contribution in [0.2, 0.25) is 0 Å². The molecule has 4 rings (SSSR count). The highest BCUT2D eigenvalue weighted by atomic mass is 16.5. The van der Waals surface area contributed by atoms with Crippen molar-refractivity contribution in [2.75, 3.05) is 11.4 Å². The van der Waals surface area contributed by atoms with E-state index >= 15 is 0 Å². The van der Waals surface area contributed by atoms with Gasteiger partial charge in [0.2, 0.25) is 11.6 Å². The number of hydrogen-bond acceptors (Lipinski definition) is 3. The van der Waals surface area contributed by atoms with Gasteiger partial charge in [-0.3, -0.25) is 4.79 Å². The zero-order valence-corrected chi connectivity index (χ0v) is 14.5. The molecule has 2 aromatic rings. The number of nitrogens with zero attached hydrogens (tertiary/aromatic N) is 1. The van der Waals surface area contributed by atoms with Crippen LogP contribution in [0.1, 0.15) is 31.4 Å². The van der Waals surface area contributed by atoms with E-state index in [0.717, 1.165) is 17.0 Å². The molecule has 0 aliphatic carbocycles. The number of anilines is 1. The smallest absolute Gasteiger partial charge is 0.219 e. The fourth-order valence-electron chi connectivity index (χ4n) is 4.05. The maximum atomic E-state index is 11.4. The number of carbonyl (C=O) groups is 1. The van der Waals surface area contributed by atoms with Crippen molar-refractivity contribution in [1.29, 1.82) is 0 Å². The molecular formula is C21H22N2O2. The largest absolute Gasteiger partial charge is 0.463 e. The number of primary amides is 1. The Kier molecular flexibility index (Phi) is 3.39. The molecule has 0 bridgehead atoms. The summed E-state index contributed by atoms with van der Waals surface area (Å²) in [5, 5.41) is 0. The highest BCUT2D eigenvalue weighted by Crippen LogP contribution is 2.54. The molecule has 0 saturated heterocycles. The number of benzene rings is 2. The molecule has 2 aliphatic heterocycles. The predicted molar refractivity (Wildman–Crippen MR) is 99.5 cm³/mol. The maximum absolute atomic E-state index is 11.4. The molecule has 0 radical (unpaired) electrons. The molecule has 0 fully saturated rings. The molecule has 1 amide bonds. The SMILES string of the molecule is CC1(C)c2ccccc2N(CCC(N)=O)[C@@]12C=Cc1ccccc1O2. The van der Waals surface area contributed by atoms with Crippen molar-refractivity contribution < 1.29 is 9.53 Å². The third kappa shape index (κ3) is 2.17. The average Bonchev–Trinajstić information content (AvgIpc) is 2.78. The zero-order chi connectivity index (χ0) is 17.7. The van der Waals surface area contributed by atoms with Gasteiger partial charge in [-0.2, -0.15) is 0 Å². The molecule has 2 heterocycles. The van der Waals surface area contributed by atoms with E-state index in [9.17, 15) is 4.79 Å². The van der Waals surface area contributed by atoms with E-state index in [0.29, 0.717) is 6.54 Å². The highest BCUT2D eigenvalue weighted by Gasteiger charge is 2.58. The summed E-state index contributed by atoms with van der Waals surface area (Å²) in [5.74, 6) is 0.549. The lowest BCUT2D eigenvalue weighted by Gasteiger charge is -2.47. The number of para-hydroxylation sites is 2. The van der Waals surface area contributed by atoms with Crippen molar-refractivity contribution in [1.82, 2.24) is 0 Å². The molecule has 2 N–H and O–H groups in total. The van der Waals surface area contributed by atoms with E-state index in [1.807, 2.05) is 36.4 Å². The Bertz CT molecular complexity index is 872. The van der Waals surface area contributed by atoms with Crippen molar-refractivity contribution in [3.05, 3.63) is 65.7 Å². The van der Waals surface area contributed by atoms with Crippen LogP contribution in [0.4, 0.5) is 5.69 Å². The third-order valence-electron chi connectivity index (χ3n) is 5.42. The van der Waals surface area contributed by atoms with Crippen LogP contribution in [0.5, 0.6) is 5.75 Å². The van der Waals surface area contributed by atoms with Gasteiger partial charge in [0.1, 0.15) is 5.75 Å². The number of carbonyl (C=O) groups excluding carboxylic acids is 1. The van der Waals surface area contributed by atoms with E-state index in [4.69, 9.17) is 10.5 Å². The molecule has 0 saturated carbocycles. The lowest BCUT2D eigenvalue weighted by atomic mass is 9.76. The van der Waals surface area contributed by atoms with Gasteiger partial charge < -0.3 is 15.4 Å². The number of fused-ring (bicyclic) bond motifs is 2. The maximum Gasteiger partial charge on any atom is 0.219 e. The Balaban J connectivity index is 1.86. The molecule has 25 heavy (non-hydrogen) atoms. The summed E-state index contributed by atoms with van der Waals surface area (Å²) in [6, 6.07) is 16.3. The van der Waals surface area contributed by atoms with Crippen molar-refractivity contribution in [3.63, 3.8) is 0 Å². The fourth-order valence-corrected chi connectivity index (χ4v) is 4.05. The minimum Gasteiger partial charge on any atom is -0.463 e. The van der Waals surface area contributed by atoms with Gasteiger partial charge in [-0.1, -0.05) is 36.4 Å². The molecule has 4 heteroatoms. The Morgan fingerprint density at radius 2 is 1.84 bits per heavy atom. The van der Waals surface area contributed by atoms with Gasteiger partial charge in [-0.05, 0) is 43.7 Å². The second kappa shape index (κ2) is 5.38. The number of ether oxygens (including phenoxy) is 1. The first-order valence-corrected chi connectivity index (χ1v) is 8.58. The minimum absolute atomic E-state index is 0.283. The highest BCUT2D eigenvalue weighted by molar-refractivity contribution is 5.76. The Labute approximate surface area is 147 Å². The van der Waals surface area contributed by atoms with Crippen molar-refractivity contribution in [2.45, 2.75) is 31.4 Å². The lowest BCUT2D eigenvalue weighted by Crippen LogP contribution is -2.60. The van der Waals surface area contributed by atoms with E-state index in [-0.39, 0.29) is 17.7 Å². The van der Waals surface area contributed by atoms with Gasteiger partial charge in [0.25, 0.3) is 0 Å². The second-order valence-electron chi connectivity index (χ2n) is 7.18. The topological polar surface area (TPSA) is 55.6 Å². The zero-order valence-electron chi connectivity index (χ0n) is 14.5. The van der Waals surface area contributed by atoms with Gasteiger partial charge in [0.05, 0.1) is 5.41 Å². The predicted octanol–water partition coefficient (Wildman–Crippen LogP) is 3.46. The van der Waals surface area contributed by atoms with Crippen LogP contribution in [0, 0.1) is 0 Å². The quantitative estimate of drug-likeness (QED) is 0.935. The summed E-state index contributed by atoms with van der Waals surface area (Å²) in [6.45, 7) is 4.89. The van der Waals surface area contributed by atoms with Crippen molar-refractivity contribution in [2.24, 2.45) is 5.73 Å². The normalized spacial score (nSPS) is 22.4. The first-order valence-electron chi connectivity index (χ1n) is 8.58. The van der Waals surface area contributed by atoms with Crippen LogP contribution in [0.3, 0.4) is 0 Å². The Morgan fingerprint density at radius 1 is 1.12 bits per heavy atom. The van der Waals surface area contributed by atoms with Gasteiger partial charge in [-0.15, -0.1) is 0 Å². The van der Waals surface area contributed by atoms with Crippen LogP contribution in [-0.2, 0) is 10.2 Å². The summed E-state index contributed by atoms with van der Waals surface area (Å²) in [7, 11) is 0. The summed E-state index contributed by atoms with van der Waals surface area (Å²) >= 11 is 0. The standard InChI is InChI=1S/C21H22N2O2/c1-20(2)16-8-4-5-9-17(16)23(14-12-19(22)24)21(20)13-11-15-7-3-6-10-18(15)25-21/h3-11,13H,12,14H2,1-2H3,(H2,22,24)/t21-/m1/s1. The summed E-state index contributed by atoms with van der Waals surface area (Å²) < 4.78 is 6.61. The Hall–Kier alpha value is -2.75. The fraction of sp³-hybridized carbons (Fsp3) is 0.286. The van der Waals surface area contributed by atoms with Gasteiger partial charge in [0, 0.05) is 24.2 Å². The van der Waals surface area contributed by atoms with Gasteiger partial charge in [-0.25, -0.2) is 0 Å². The van der Waals surface area contributed by atoms with Crippen LogP contribution < -0.4 is 15.4 Å². The molecule has 0 aromatic heterocycles. The van der Waals surface area contributed by atoms with E-state index in [1.165, 1.54) is 5.56 Å². The molecule has 2 aromatic carbocycles. The van der Waals surface area contributed by atoms with Crippen LogP contribution in [-0.4, -0.2) is 18.2 Å². The second-order valence-corrected chi connectivity index (χ2v) is 7.18. The first kappa shape index (κ1) is 15.8. The lowest BCUT2D eigenvalue weighted by molar-refractivity contribution is -0.117. The summed E-state index contributed by atoms with van der Waals surface area (Å²) in [6.07, 6.45) is 4.52. The summed E-state index contributed by atoms with van der Waals surface area (Å²) in [5.41, 5.74) is 7.83. The Morgan fingerprint density at radius 3 is 2.64 bits per heavy atom. The van der Waals surface area contributed by atoms with E-state index in [2.05, 4.69) is 43.0 Å². The van der Waals surface area contributed by atoms with Crippen molar-refractivity contribution in [3.8, 4) is 5.75 Å². The average molecular weight is 334 g/mol. The first-order chi connectivity index (χ1) is 12.0.